The molecule has 9 nitrogen and oxygen atoms in total. The maximum atomic E-state index is 15.3. The molecular formula is C37H41F2N7O2. The van der Waals surface area contributed by atoms with Crippen molar-refractivity contribution in [2.45, 2.75) is 70.1 Å². The van der Waals surface area contributed by atoms with E-state index in [2.05, 4.69) is 20.3 Å². The highest BCUT2D eigenvalue weighted by atomic mass is 19.1. The molecule has 0 radical (unpaired) electrons. The molecule has 250 valence electrons. The van der Waals surface area contributed by atoms with E-state index in [9.17, 15) is 14.0 Å². The van der Waals surface area contributed by atoms with Crippen LogP contribution in [0, 0.1) is 23.0 Å². The number of carbonyl (C=O) groups excluding carboxylic acids is 1. The van der Waals surface area contributed by atoms with Crippen molar-refractivity contribution in [2.24, 2.45) is 11.3 Å². The van der Waals surface area contributed by atoms with Gasteiger partial charge in [0.1, 0.15) is 17.5 Å². The third-order valence-corrected chi connectivity index (χ3v) is 10.7. The number of hydrogen-bond donors (Lipinski definition) is 1. The lowest BCUT2D eigenvalue weighted by molar-refractivity contribution is 0.0203. The van der Waals surface area contributed by atoms with Crippen LogP contribution in [0.2, 0.25) is 0 Å². The Labute approximate surface area is 279 Å². The van der Waals surface area contributed by atoms with Gasteiger partial charge in [0.05, 0.1) is 24.6 Å². The van der Waals surface area contributed by atoms with Crippen molar-refractivity contribution in [2.75, 3.05) is 19.6 Å². The van der Waals surface area contributed by atoms with Gasteiger partial charge in [-0.15, -0.1) is 0 Å². The van der Waals surface area contributed by atoms with Gasteiger partial charge < -0.3 is 15.1 Å². The van der Waals surface area contributed by atoms with Gasteiger partial charge in [0.15, 0.2) is 0 Å². The fourth-order valence-electron chi connectivity index (χ4n) is 8.15. The molecule has 1 aliphatic carbocycles. The summed E-state index contributed by atoms with van der Waals surface area (Å²) in [5.41, 5.74) is 1.57. The Morgan fingerprint density at radius 1 is 0.938 bits per heavy atom. The van der Waals surface area contributed by atoms with E-state index < -0.39 is 17.7 Å². The molecule has 2 amide bonds. The molecule has 0 unspecified atom stereocenters. The first-order chi connectivity index (χ1) is 23.4. The molecule has 48 heavy (non-hydrogen) atoms. The predicted molar refractivity (Wildman–Crippen MR) is 178 cm³/mol. The second-order valence-corrected chi connectivity index (χ2v) is 13.5. The van der Waals surface area contributed by atoms with Gasteiger partial charge in [-0.05, 0) is 67.7 Å². The van der Waals surface area contributed by atoms with Gasteiger partial charge in [-0.3, -0.25) is 9.36 Å². The zero-order valence-electron chi connectivity index (χ0n) is 27.0. The van der Waals surface area contributed by atoms with Crippen molar-refractivity contribution >= 4 is 6.03 Å². The van der Waals surface area contributed by atoms with Crippen LogP contribution in [0.3, 0.4) is 0 Å². The SMILES string of the molecule is O=C(N1CC[C@@H](Cn2cnc(-c3ccccc3)cc2=O)C2(CCCC2)C1)N1CC[C@@H](NCc2ncccn2)C[C@H]1c1cc(F)ccc1F. The fourth-order valence-corrected chi connectivity index (χ4v) is 8.15. The van der Waals surface area contributed by atoms with Gasteiger partial charge in [-0.25, -0.2) is 28.5 Å². The lowest BCUT2D eigenvalue weighted by atomic mass is 9.69. The van der Waals surface area contributed by atoms with Gasteiger partial charge in [0.2, 0.25) is 0 Å². The monoisotopic (exact) mass is 653 g/mol. The number of urea groups is 1. The van der Waals surface area contributed by atoms with Crippen molar-refractivity contribution in [3.63, 3.8) is 0 Å². The van der Waals surface area contributed by atoms with Gasteiger partial charge >= 0.3 is 6.03 Å². The first-order valence-electron chi connectivity index (χ1n) is 17.0. The van der Waals surface area contributed by atoms with Gasteiger partial charge in [-0.2, -0.15) is 0 Å². The minimum absolute atomic E-state index is 0.0300. The van der Waals surface area contributed by atoms with Crippen LogP contribution in [0.15, 0.2) is 84.2 Å². The molecule has 1 spiro atoms. The zero-order valence-corrected chi connectivity index (χ0v) is 27.0. The van der Waals surface area contributed by atoms with E-state index in [-0.39, 0.29) is 34.5 Å². The molecule has 3 atom stereocenters. The number of rotatable bonds is 7. The molecule has 1 N–H and O–H groups in total. The fraction of sp³-hybridized carbons (Fsp3) is 0.432. The van der Waals surface area contributed by atoms with Crippen LogP contribution in [-0.4, -0.2) is 61.0 Å². The normalized spacial score (nSPS) is 22.2. The number of likely N-dealkylation sites (tertiary alicyclic amines) is 2. The molecule has 3 fully saturated rings. The van der Waals surface area contributed by atoms with E-state index in [1.165, 1.54) is 6.07 Å². The molecular weight excluding hydrogens is 612 g/mol. The Kier molecular flexibility index (Phi) is 9.30. The Bertz CT molecular complexity index is 1780. The van der Waals surface area contributed by atoms with E-state index in [0.29, 0.717) is 57.1 Å². The van der Waals surface area contributed by atoms with Crippen LogP contribution in [-0.2, 0) is 13.1 Å². The summed E-state index contributed by atoms with van der Waals surface area (Å²) in [5.74, 6) is -0.175. The molecule has 3 aliphatic rings. The number of benzene rings is 2. The van der Waals surface area contributed by atoms with Crippen molar-refractivity contribution in [3.8, 4) is 11.3 Å². The summed E-state index contributed by atoms with van der Waals surface area (Å²) >= 11 is 0. The summed E-state index contributed by atoms with van der Waals surface area (Å²) in [6.07, 6.45) is 11.0. The standard InChI is InChI=1S/C37H41F2N7O2/c38-28-9-10-31(39)30(19-28)33-20-29(42-22-34-40-15-6-16-41-34)12-18-46(33)36(48)44-17-11-27(37(24-44)13-4-5-14-37)23-45-25-43-32(21-35(45)47)26-7-2-1-3-8-26/h1-3,6-10,15-16,19,21,25,27,29,33,42H,4-5,11-14,17-18,20,22-24H2/t27-,29+,33-/m0/s1. The molecule has 2 aromatic heterocycles. The Morgan fingerprint density at radius 2 is 1.73 bits per heavy atom. The highest BCUT2D eigenvalue weighted by molar-refractivity contribution is 5.75. The van der Waals surface area contributed by atoms with E-state index >= 15 is 4.39 Å². The molecule has 4 aromatic rings. The Balaban J connectivity index is 1.08. The molecule has 1 saturated carbocycles. The highest BCUT2D eigenvalue weighted by Crippen LogP contribution is 2.49. The molecule has 7 rings (SSSR count). The van der Waals surface area contributed by atoms with Gasteiger partial charge in [0.25, 0.3) is 5.56 Å². The average Bonchev–Trinajstić information content (AvgIpc) is 3.59. The predicted octanol–water partition coefficient (Wildman–Crippen LogP) is 5.98. The summed E-state index contributed by atoms with van der Waals surface area (Å²) < 4.78 is 31.5. The highest BCUT2D eigenvalue weighted by Gasteiger charge is 2.48. The first kappa shape index (κ1) is 32.1. The van der Waals surface area contributed by atoms with Crippen molar-refractivity contribution < 1.29 is 13.6 Å². The van der Waals surface area contributed by atoms with E-state index in [1.54, 1.807) is 40.3 Å². The smallest absolute Gasteiger partial charge is 0.320 e. The Hall–Kier alpha value is -4.51. The van der Waals surface area contributed by atoms with Gasteiger partial charge in [0, 0.05) is 61.8 Å². The average molecular weight is 654 g/mol. The Morgan fingerprint density at radius 3 is 2.50 bits per heavy atom. The zero-order chi connectivity index (χ0) is 33.1. The molecule has 0 bridgehead atoms. The maximum absolute atomic E-state index is 15.3. The second kappa shape index (κ2) is 13.9. The number of carbonyl (C=O) groups is 1. The number of aromatic nitrogens is 4. The van der Waals surface area contributed by atoms with Crippen molar-refractivity contribution in [1.82, 2.24) is 34.6 Å². The number of nitrogens with zero attached hydrogens (tertiary/aromatic N) is 6. The summed E-state index contributed by atoms with van der Waals surface area (Å²) in [6.45, 7) is 2.54. The molecule has 2 aliphatic heterocycles. The number of nitrogens with one attached hydrogen (secondary N) is 1. The topological polar surface area (TPSA) is 96.2 Å². The number of hydrogen-bond acceptors (Lipinski definition) is 6. The molecule has 4 heterocycles. The quantitative estimate of drug-likeness (QED) is 0.264. The molecule has 11 heteroatoms. The van der Waals surface area contributed by atoms with Crippen molar-refractivity contribution in [3.05, 3.63) is 113 Å². The van der Waals surface area contributed by atoms with E-state index in [4.69, 9.17) is 0 Å². The molecule has 2 aromatic carbocycles. The summed E-state index contributed by atoms with van der Waals surface area (Å²) in [7, 11) is 0. The first-order valence-corrected chi connectivity index (χ1v) is 17.0. The van der Waals surface area contributed by atoms with E-state index in [0.717, 1.165) is 49.8 Å². The van der Waals surface area contributed by atoms with Crippen LogP contribution in [0.1, 0.15) is 62.4 Å². The summed E-state index contributed by atoms with van der Waals surface area (Å²) in [4.78, 5) is 44.4. The van der Waals surface area contributed by atoms with Crippen LogP contribution >= 0.6 is 0 Å². The van der Waals surface area contributed by atoms with Crippen LogP contribution in [0.25, 0.3) is 11.3 Å². The number of piperidine rings is 2. The lowest BCUT2D eigenvalue weighted by Crippen LogP contribution is -2.57. The van der Waals surface area contributed by atoms with Crippen LogP contribution < -0.4 is 10.9 Å². The third kappa shape index (κ3) is 6.74. The number of amides is 2. The lowest BCUT2D eigenvalue weighted by Gasteiger charge is -2.49. The minimum atomic E-state index is -0.624. The van der Waals surface area contributed by atoms with Crippen LogP contribution in [0.5, 0.6) is 0 Å². The summed E-state index contributed by atoms with van der Waals surface area (Å²) in [6, 6.07) is 15.7. The summed E-state index contributed by atoms with van der Waals surface area (Å²) in [5, 5.41) is 3.47. The largest absolute Gasteiger partial charge is 0.324 e. The maximum Gasteiger partial charge on any atom is 0.320 e. The van der Waals surface area contributed by atoms with E-state index in [1.807, 2.05) is 35.2 Å². The minimum Gasteiger partial charge on any atom is -0.324 e. The molecule has 2 saturated heterocycles. The third-order valence-electron chi connectivity index (χ3n) is 10.7. The van der Waals surface area contributed by atoms with Gasteiger partial charge in [-0.1, -0.05) is 43.2 Å². The number of halogens is 2. The van der Waals surface area contributed by atoms with Crippen LogP contribution in [0.4, 0.5) is 13.6 Å². The second-order valence-electron chi connectivity index (χ2n) is 13.5. The van der Waals surface area contributed by atoms with Crippen molar-refractivity contribution in [1.29, 1.82) is 0 Å².